The summed E-state index contributed by atoms with van der Waals surface area (Å²) in [7, 11) is 0. The molecular formula is C26H22BrF3N4O3S. The molecule has 0 unspecified atom stereocenters. The molecule has 7 nitrogen and oxygen atoms in total. The van der Waals surface area contributed by atoms with Crippen LogP contribution in [0, 0.1) is 0 Å². The SMILES string of the molecule is CC(C)OC(=O)c1c(NC(=O)c2cc3nc(-c4ccc(Br)cc4)cc(C(F)(F)F)n3n2)sc2c1CCCC2. The van der Waals surface area contributed by atoms with Crippen LogP contribution in [0.15, 0.2) is 40.9 Å². The largest absolute Gasteiger partial charge is 0.459 e. The highest BCUT2D eigenvalue weighted by molar-refractivity contribution is 9.10. The van der Waals surface area contributed by atoms with E-state index in [1.807, 2.05) is 0 Å². The fourth-order valence-electron chi connectivity index (χ4n) is 4.37. The first-order valence-corrected chi connectivity index (χ1v) is 13.5. The number of carbonyl (C=O) groups is 2. The van der Waals surface area contributed by atoms with Crippen molar-refractivity contribution in [1.82, 2.24) is 14.6 Å². The number of halogens is 4. The molecule has 0 atom stereocenters. The first-order valence-electron chi connectivity index (χ1n) is 11.9. The Morgan fingerprint density at radius 2 is 1.84 bits per heavy atom. The lowest BCUT2D eigenvalue weighted by atomic mass is 9.95. The van der Waals surface area contributed by atoms with Crippen molar-refractivity contribution < 1.29 is 27.5 Å². The highest BCUT2D eigenvalue weighted by Crippen LogP contribution is 2.39. The number of hydrogen-bond acceptors (Lipinski definition) is 6. The van der Waals surface area contributed by atoms with Gasteiger partial charge in [0.15, 0.2) is 17.0 Å². The van der Waals surface area contributed by atoms with Gasteiger partial charge in [0.05, 0.1) is 17.4 Å². The van der Waals surface area contributed by atoms with E-state index in [1.54, 1.807) is 38.1 Å². The van der Waals surface area contributed by atoms with Crippen molar-refractivity contribution in [2.45, 2.75) is 51.8 Å². The molecule has 3 heterocycles. The van der Waals surface area contributed by atoms with Crippen molar-refractivity contribution in [3.05, 3.63) is 68.3 Å². The smallest absolute Gasteiger partial charge is 0.433 e. The zero-order chi connectivity index (χ0) is 27.2. The maximum absolute atomic E-state index is 14.0. The predicted molar refractivity (Wildman–Crippen MR) is 141 cm³/mol. The summed E-state index contributed by atoms with van der Waals surface area (Å²) in [6, 6.07) is 8.79. The molecule has 4 aromatic rings. The molecule has 198 valence electrons. The van der Waals surface area contributed by atoms with Crippen molar-refractivity contribution >= 4 is 49.8 Å². The standard InChI is InChI=1S/C26H22BrF3N4O3S/c1-13(2)37-25(36)22-16-5-3-4-6-19(16)38-24(22)32-23(35)18-12-21-31-17(14-7-9-15(27)10-8-14)11-20(26(28,29)30)34(21)33-18/h7-13H,3-6H2,1-2H3,(H,32,35). The molecule has 0 fully saturated rings. The Balaban J connectivity index is 1.54. The number of carbonyl (C=O) groups excluding carboxylic acids is 2. The van der Waals surface area contributed by atoms with E-state index < -0.39 is 23.7 Å². The Hall–Kier alpha value is -3.25. The molecule has 12 heteroatoms. The van der Waals surface area contributed by atoms with Crippen molar-refractivity contribution in [3.8, 4) is 11.3 Å². The van der Waals surface area contributed by atoms with E-state index in [4.69, 9.17) is 4.74 Å². The number of rotatable bonds is 5. The summed E-state index contributed by atoms with van der Waals surface area (Å²) in [6.45, 7) is 3.47. The fourth-order valence-corrected chi connectivity index (χ4v) is 5.90. The third kappa shape index (κ3) is 5.19. The molecule has 0 radical (unpaired) electrons. The van der Waals surface area contributed by atoms with E-state index in [1.165, 1.54) is 17.4 Å². The van der Waals surface area contributed by atoms with Crippen molar-refractivity contribution in [2.75, 3.05) is 5.32 Å². The quantitative estimate of drug-likeness (QED) is 0.249. The van der Waals surface area contributed by atoms with Gasteiger partial charge in [-0.3, -0.25) is 4.79 Å². The minimum atomic E-state index is -4.74. The van der Waals surface area contributed by atoms with Crippen LogP contribution >= 0.6 is 27.3 Å². The van der Waals surface area contributed by atoms with E-state index in [0.29, 0.717) is 27.1 Å². The van der Waals surface area contributed by atoms with Gasteiger partial charge < -0.3 is 10.1 Å². The molecule has 5 rings (SSSR count). The maximum atomic E-state index is 14.0. The average molecular weight is 607 g/mol. The molecule has 0 saturated carbocycles. The third-order valence-corrected chi connectivity index (χ3v) is 7.77. The van der Waals surface area contributed by atoms with Gasteiger partial charge in [0.1, 0.15) is 5.00 Å². The zero-order valence-corrected chi connectivity index (χ0v) is 22.8. The van der Waals surface area contributed by atoms with Gasteiger partial charge in [-0.25, -0.2) is 14.3 Å². The van der Waals surface area contributed by atoms with Crippen molar-refractivity contribution in [3.63, 3.8) is 0 Å². The van der Waals surface area contributed by atoms with Gasteiger partial charge in [-0.2, -0.15) is 18.3 Å². The molecule has 38 heavy (non-hydrogen) atoms. The number of aromatic nitrogens is 3. The first-order chi connectivity index (χ1) is 18.0. The number of nitrogens with zero attached hydrogens (tertiary/aromatic N) is 3. The maximum Gasteiger partial charge on any atom is 0.433 e. The fraction of sp³-hybridized carbons (Fsp3) is 0.308. The van der Waals surface area contributed by atoms with Gasteiger partial charge in [0.25, 0.3) is 5.91 Å². The molecule has 0 bridgehead atoms. The Morgan fingerprint density at radius 1 is 1.13 bits per heavy atom. The Morgan fingerprint density at radius 3 is 2.53 bits per heavy atom. The molecule has 0 saturated heterocycles. The van der Waals surface area contributed by atoms with Gasteiger partial charge in [-0.1, -0.05) is 28.1 Å². The van der Waals surface area contributed by atoms with Crippen LogP contribution in [0.5, 0.6) is 0 Å². The van der Waals surface area contributed by atoms with Crippen LogP contribution in [0.1, 0.15) is 63.7 Å². The van der Waals surface area contributed by atoms with E-state index in [2.05, 4.69) is 31.3 Å². The van der Waals surface area contributed by atoms with Crippen LogP contribution in [0.4, 0.5) is 18.2 Å². The Kier molecular flexibility index (Phi) is 7.03. The number of esters is 1. The van der Waals surface area contributed by atoms with Crippen LogP contribution in [0.2, 0.25) is 0 Å². The second kappa shape index (κ2) is 10.1. The number of benzene rings is 1. The van der Waals surface area contributed by atoms with Crippen LogP contribution in [-0.4, -0.2) is 32.6 Å². The number of fused-ring (bicyclic) bond motifs is 2. The first kappa shape index (κ1) is 26.4. The molecule has 1 amide bonds. The van der Waals surface area contributed by atoms with Crippen LogP contribution in [-0.2, 0) is 23.8 Å². The van der Waals surface area contributed by atoms with Gasteiger partial charge >= 0.3 is 12.1 Å². The predicted octanol–water partition coefficient (Wildman–Crippen LogP) is 6.94. The van der Waals surface area contributed by atoms with Crippen LogP contribution < -0.4 is 5.32 Å². The summed E-state index contributed by atoms with van der Waals surface area (Å²) in [6.07, 6.45) is -1.74. The second-order valence-electron chi connectivity index (χ2n) is 9.15. The third-order valence-electron chi connectivity index (χ3n) is 6.04. The summed E-state index contributed by atoms with van der Waals surface area (Å²) in [5.41, 5.74) is 0.282. The second-order valence-corrected chi connectivity index (χ2v) is 11.2. The van der Waals surface area contributed by atoms with E-state index >= 15 is 0 Å². The number of hydrogen-bond donors (Lipinski definition) is 1. The summed E-state index contributed by atoms with van der Waals surface area (Å²) >= 11 is 4.60. The van der Waals surface area contributed by atoms with Crippen LogP contribution in [0.3, 0.4) is 0 Å². The molecule has 1 aromatic carbocycles. The van der Waals surface area contributed by atoms with E-state index in [-0.39, 0.29) is 23.1 Å². The number of aryl methyl sites for hydroxylation is 1. The van der Waals surface area contributed by atoms with Crippen molar-refractivity contribution in [2.24, 2.45) is 0 Å². The summed E-state index contributed by atoms with van der Waals surface area (Å²) in [5.74, 6) is -1.28. The summed E-state index contributed by atoms with van der Waals surface area (Å²) in [4.78, 5) is 31.4. The monoisotopic (exact) mass is 606 g/mol. The molecule has 1 aliphatic carbocycles. The van der Waals surface area contributed by atoms with Crippen molar-refractivity contribution in [1.29, 1.82) is 0 Å². The highest BCUT2D eigenvalue weighted by Gasteiger charge is 2.36. The van der Waals surface area contributed by atoms with Gasteiger partial charge in [-0.05, 0) is 63.3 Å². The molecular weight excluding hydrogens is 585 g/mol. The van der Waals surface area contributed by atoms with E-state index in [0.717, 1.165) is 40.2 Å². The Bertz CT molecular complexity index is 1540. The number of ether oxygens (including phenoxy) is 1. The number of amides is 1. The van der Waals surface area contributed by atoms with Crippen LogP contribution in [0.25, 0.3) is 16.9 Å². The molecule has 1 aliphatic rings. The molecule has 3 aromatic heterocycles. The highest BCUT2D eigenvalue weighted by atomic mass is 79.9. The van der Waals surface area contributed by atoms with E-state index in [9.17, 15) is 22.8 Å². The number of alkyl halides is 3. The number of anilines is 1. The average Bonchev–Trinajstić information content (AvgIpc) is 3.44. The lowest BCUT2D eigenvalue weighted by Crippen LogP contribution is -2.18. The Labute approximate surface area is 228 Å². The number of thiophene rings is 1. The lowest BCUT2D eigenvalue weighted by molar-refractivity contribution is -0.142. The van der Waals surface area contributed by atoms with Gasteiger partial charge in [-0.15, -0.1) is 11.3 Å². The molecule has 1 N–H and O–H groups in total. The minimum Gasteiger partial charge on any atom is -0.459 e. The summed E-state index contributed by atoms with van der Waals surface area (Å²) in [5, 5.41) is 6.94. The zero-order valence-electron chi connectivity index (χ0n) is 20.4. The van der Waals surface area contributed by atoms with Gasteiger partial charge in [0, 0.05) is 21.0 Å². The number of nitrogens with one attached hydrogen (secondary N) is 1. The minimum absolute atomic E-state index is 0.0915. The topological polar surface area (TPSA) is 85.6 Å². The molecule has 0 spiro atoms. The molecule has 0 aliphatic heterocycles. The lowest BCUT2D eigenvalue weighted by Gasteiger charge is -2.14. The summed E-state index contributed by atoms with van der Waals surface area (Å²) < 4.78 is 48.7. The normalized spacial score (nSPS) is 13.6. The van der Waals surface area contributed by atoms with Gasteiger partial charge in [0.2, 0.25) is 0 Å².